The number of piperidine rings is 1. The molecule has 2 atom stereocenters. The van der Waals surface area contributed by atoms with E-state index in [1.807, 2.05) is 4.90 Å². The predicted molar refractivity (Wildman–Crippen MR) is 95.7 cm³/mol. The molecule has 1 heterocycles. The predicted octanol–water partition coefficient (Wildman–Crippen LogP) is 3.25. The van der Waals surface area contributed by atoms with Gasteiger partial charge in [-0.25, -0.2) is 0 Å². The Morgan fingerprint density at radius 3 is 2.12 bits per heavy atom. The zero-order valence-electron chi connectivity index (χ0n) is 15.3. The summed E-state index contributed by atoms with van der Waals surface area (Å²) in [5.74, 6) is 2.48. The van der Waals surface area contributed by atoms with Crippen molar-refractivity contribution in [2.45, 2.75) is 88.6 Å². The van der Waals surface area contributed by atoms with Gasteiger partial charge >= 0.3 is 11.8 Å². The minimum Gasteiger partial charge on any atom is -0.342 e. The van der Waals surface area contributed by atoms with Crippen molar-refractivity contribution in [1.29, 1.82) is 0 Å². The van der Waals surface area contributed by atoms with Crippen LogP contribution in [0.4, 0.5) is 0 Å². The topological polar surface area (TPSA) is 49.4 Å². The monoisotopic (exact) mass is 344 g/mol. The molecule has 0 radical (unpaired) electrons. The molecule has 138 valence electrons. The van der Waals surface area contributed by atoms with Crippen LogP contribution in [-0.4, -0.2) is 34.8 Å². The third-order valence-corrected chi connectivity index (χ3v) is 8.12. The van der Waals surface area contributed by atoms with Gasteiger partial charge in [0.2, 0.25) is 0 Å². The minimum absolute atomic E-state index is 0.0523. The smallest absolute Gasteiger partial charge is 0.312 e. The Kier molecular flexibility index (Phi) is 3.87. The van der Waals surface area contributed by atoms with Crippen molar-refractivity contribution >= 4 is 11.8 Å². The van der Waals surface area contributed by atoms with E-state index in [0.29, 0.717) is 12.0 Å². The molecule has 4 bridgehead atoms. The van der Waals surface area contributed by atoms with Gasteiger partial charge < -0.3 is 10.2 Å². The Bertz CT molecular complexity index is 535. The molecule has 1 aliphatic heterocycles. The number of amides is 2. The molecular weight excluding hydrogens is 312 g/mol. The van der Waals surface area contributed by atoms with Gasteiger partial charge in [0, 0.05) is 18.1 Å². The van der Waals surface area contributed by atoms with E-state index < -0.39 is 0 Å². The van der Waals surface area contributed by atoms with Gasteiger partial charge in [-0.15, -0.1) is 0 Å². The van der Waals surface area contributed by atoms with Crippen molar-refractivity contribution in [3.05, 3.63) is 0 Å². The summed E-state index contributed by atoms with van der Waals surface area (Å²) in [7, 11) is 0. The van der Waals surface area contributed by atoms with Crippen LogP contribution >= 0.6 is 0 Å². The van der Waals surface area contributed by atoms with Crippen LogP contribution in [0.1, 0.15) is 77.0 Å². The summed E-state index contributed by atoms with van der Waals surface area (Å²) >= 11 is 0. The van der Waals surface area contributed by atoms with E-state index in [1.165, 1.54) is 44.9 Å². The average Bonchev–Trinajstić information content (AvgIpc) is 2.59. The van der Waals surface area contributed by atoms with Crippen LogP contribution in [0.5, 0.6) is 0 Å². The number of hydrogen-bond acceptors (Lipinski definition) is 2. The first kappa shape index (κ1) is 16.1. The van der Waals surface area contributed by atoms with Crippen LogP contribution < -0.4 is 5.32 Å². The van der Waals surface area contributed by atoms with Crippen molar-refractivity contribution in [3.8, 4) is 0 Å². The lowest BCUT2D eigenvalue weighted by Crippen LogP contribution is -2.63. The first-order chi connectivity index (χ1) is 12.1. The maximum absolute atomic E-state index is 13.0. The summed E-state index contributed by atoms with van der Waals surface area (Å²) in [5, 5.41) is 3.29. The SMILES string of the molecule is O=C(NC12CC3CC(CC(C3)C1)C2)C(=O)N1CCCC2CCCCC21. The number of likely N-dealkylation sites (tertiary alicyclic amines) is 1. The number of hydrogen-bond donors (Lipinski definition) is 1. The molecule has 2 unspecified atom stereocenters. The van der Waals surface area contributed by atoms with Gasteiger partial charge in [-0.3, -0.25) is 9.59 Å². The number of nitrogens with zero attached hydrogens (tertiary/aromatic N) is 1. The molecule has 2 amide bonds. The molecule has 6 fully saturated rings. The fourth-order valence-electron chi connectivity index (χ4n) is 7.57. The maximum Gasteiger partial charge on any atom is 0.312 e. The first-order valence-electron chi connectivity index (χ1n) is 10.7. The standard InChI is InChI=1S/C21H32N2O2/c24-19(20(25)23-7-3-5-17-4-1-2-6-18(17)23)22-21-11-14-8-15(12-21)10-16(9-14)13-21/h14-18H,1-13H2,(H,22,24). The van der Waals surface area contributed by atoms with Crippen molar-refractivity contribution in [2.75, 3.05) is 6.54 Å². The third-order valence-electron chi connectivity index (χ3n) is 8.12. The van der Waals surface area contributed by atoms with E-state index in [4.69, 9.17) is 0 Å². The van der Waals surface area contributed by atoms with Crippen molar-refractivity contribution < 1.29 is 9.59 Å². The van der Waals surface area contributed by atoms with Gasteiger partial charge in [0.25, 0.3) is 0 Å². The zero-order chi connectivity index (χ0) is 17.0. The lowest BCUT2D eigenvalue weighted by molar-refractivity contribution is -0.152. The number of rotatable bonds is 1. The fourth-order valence-corrected chi connectivity index (χ4v) is 7.57. The van der Waals surface area contributed by atoms with E-state index in [9.17, 15) is 9.59 Å². The molecule has 6 aliphatic rings. The summed E-state index contributed by atoms with van der Waals surface area (Å²) in [5.41, 5.74) is -0.0523. The normalized spacial score (nSPS) is 45.1. The molecule has 0 spiro atoms. The second-order valence-electron chi connectivity index (χ2n) is 9.90. The first-order valence-corrected chi connectivity index (χ1v) is 10.7. The van der Waals surface area contributed by atoms with Gasteiger partial charge in [0.1, 0.15) is 0 Å². The number of carbonyl (C=O) groups is 2. The molecule has 5 aliphatic carbocycles. The lowest BCUT2D eigenvalue weighted by Gasteiger charge is -2.57. The van der Waals surface area contributed by atoms with Crippen molar-refractivity contribution in [2.24, 2.45) is 23.7 Å². The van der Waals surface area contributed by atoms with Crippen LogP contribution in [0.2, 0.25) is 0 Å². The minimum atomic E-state index is -0.298. The van der Waals surface area contributed by atoms with Crippen LogP contribution in [0.15, 0.2) is 0 Å². The van der Waals surface area contributed by atoms with E-state index in [2.05, 4.69) is 5.32 Å². The molecule has 0 aromatic heterocycles. The van der Waals surface area contributed by atoms with Crippen LogP contribution in [0.25, 0.3) is 0 Å². The van der Waals surface area contributed by atoms with E-state index in [-0.39, 0.29) is 17.4 Å². The third kappa shape index (κ3) is 2.80. The molecule has 0 aromatic carbocycles. The second kappa shape index (κ2) is 5.99. The molecular formula is C21H32N2O2. The van der Waals surface area contributed by atoms with Gasteiger partial charge in [-0.2, -0.15) is 0 Å². The van der Waals surface area contributed by atoms with Crippen LogP contribution in [-0.2, 0) is 9.59 Å². The van der Waals surface area contributed by atoms with Crippen LogP contribution in [0.3, 0.4) is 0 Å². The highest BCUT2D eigenvalue weighted by Crippen LogP contribution is 2.55. The van der Waals surface area contributed by atoms with Gasteiger partial charge in [-0.1, -0.05) is 12.8 Å². The zero-order valence-corrected chi connectivity index (χ0v) is 15.3. The van der Waals surface area contributed by atoms with E-state index in [0.717, 1.165) is 56.4 Å². The molecule has 6 rings (SSSR count). The number of fused-ring (bicyclic) bond motifs is 1. The molecule has 1 saturated heterocycles. The second-order valence-corrected chi connectivity index (χ2v) is 9.90. The molecule has 1 N–H and O–H groups in total. The molecule has 0 aromatic rings. The summed E-state index contributed by atoms with van der Waals surface area (Å²) in [6, 6.07) is 0.331. The Morgan fingerprint density at radius 1 is 0.840 bits per heavy atom. The van der Waals surface area contributed by atoms with E-state index in [1.54, 1.807) is 0 Å². The van der Waals surface area contributed by atoms with Crippen LogP contribution in [0, 0.1) is 23.7 Å². The fraction of sp³-hybridized carbons (Fsp3) is 0.905. The maximum atomic E-state index is 13.0. The highest BCUT2D eigenvalue weighted by molar-refractivity contribution is 6.35. The lowest BCUT2D eigenvalue weighted by atomic mass is 9.53. The summed E-state index contributed by atoms with van der Waals surface area (Å²) in [4.78, 5) is 27.8. The molecule has 4 nitrogen and oxygen atoms in total. The Hall–Kier alpha value is -1.06. The number of carbonyl (C=O) groups excluding carboxylic acids is 2. The summed E-state index contributed by atoms with van der Waals surface area (Å²) in [6.07, 6.45) is 14.6. The number of nitrogens with one attached hydrogen (secondary N) is 1. The van der Waals surface area contributed by atoms with Crippen molar-refractivity contribution in [1.82, 2.24) is 10.2 Å². The molecule has 4 heteroatoms. The van der Waals surface area contributed by atoms with Crippen molar-refractivity contribution in [3.63, 3.8) is 0 Å². The van der Waals surface area contributed by atoms with Gasteiger partial charge in [-0.05, 0) is 87.9 Å². The average molecular weight is 344 g/mol. The Balaban J connectivity index is 1.28. The Labute approximate surface area is 151 Å². The van der Waals surface area contributed by atoms with Gasteiger partial charge in [0.15, 0.2) is 0 Å². The highest BCUT2D eigenvalue weighted by atomic mass is 16.2. The quantitative estimate of drug-likeness (QED) is 0.742. The molecule has 25 heavy (non-hydrogen) atoms. The van der Waals surface area contributed by atoms with E-state index >= 15 is 0 Å². The summed E-state index contributed by atoms with van der Waals surface area (Å²) in [6.45, 7) is 0.786. The summed E-state index contributed by atoms with van der Waals surface area (Å²) < 4.78 is 0. The highest BCUT2D eigenvalue weighted by Gasteiger charge is 2.52. The van der Waals surface area contributed by atoms with Gasteiger partial charge in [0.05, 0.1) is 0 Å². The largest absolute Gasteiger partial charge is 0.342 e. The Morgan fingerprint density at radius 2 is 1.44 bits per heavy atom. The molecule has 5 saturated carbocycles.